The first-order valence-electron chi connectivity index (χ1n) is 10.6. The monoisotopic (exact) mass is 542 g/mol. The van der Waals surface area contributed by atoms with Crippen molar-refractivity contribution < 1.29 is 14.9 Å². The standard InChI is InChI=1S/C23H23BrN6O5/c1-13-4-3-5-17(8-13)35-12-16(31)11-30-19-20(29(2)23(34)27-21(19)33)26-22(30)28-25-10-14-9-15(24)6-7-18(14)32/h3-10,16,31-32H,11-12H2,1-2H3,(H,26,28)(H,27,33,34). The predicted molar refractivity (Wildman–Crippen MR) is 135 cm³/mol. The molecule has 2 heterocycles. The molecule has 4 rings (SSSR count). The van der Waals surface area contributed by atoms with Gasteiger partial charge in [0.15, 0.2) is 11.2 Å². The molecule has 0 aliphatic rings. The molecule has 4 N–H and O–H groups in total. The van der Waals surface area contributed by atoms with E-state index in [2.05, 4.69) is 36.4 Å². The Morgan fingerprint density at radius 1 is 1.29 bits per heavy atom. The molecule has 11 nitrogen and oxygen atoms in total. The van der Waals surface area contributed by atoms with Crippen LogP contribution in [0.1, 0.15) is 11.1 Å². The largest absolute Gasteiger partial charge is 0.507 e. The minimum absolute atomic E-state index is 0.0230. The van der Waals surface area contributed by atoms with Gasteiger partial charge in [0.1, 0.15) is 24.2 Å². The van der Waals surface area contributed by atoms with Gasteiger partial charge in [-0.25, -0.2) is 10.2 Å². The summed E-state index contributed by atoms with van der Waals surface area (Å²) in [6.07, 6.45) is 0.368. The highest BCUT2D eigenvalue weighted by molar-refractivity contribution is 9.10. The van der Waals surface area contributed by atoms with Gasteiger partial charge in [0.25, 0.3) is 5.56 Å². The van der Waals surface area contributed by atoms with Crippen molar-refractivity contribution in [1.29, 1.82) is 0 Å². The van der Waals surface area contributed by atoms with E-state index in [9.17, 15) is 19.8 Å². The van der Waals surface area contributed by atoms with Crippen LogP contribution >= 0.6 is 15.9 Å². The maximum atomic E-state index is 12.6. The van der Waals surface area contributed by atoms with Gasteiger partial charge in [-0.1, -0.05) is 28.1 Å². The average molecular weight is 543 g/mol. The number of aromatic nitrogens is 4. The highest BCUT2D eigenvalue weighted by atomic mass is 79.9. The number of aliphatic hydroxyl groups is 1. The number of phenols is 1. The van der Waals surface area contributed by atoms with Crippen molar-refractivity contribution in [1.82, 2.24) is 19.1 Å². The first-order valence-corrected chi connectivity index (χ1v) is 11.4. The Kier molecular flexibility index (Phi) is 7.03. The Morgan fingerprint density at radius 3 is 2.86 bits per heavy atom. The molecule has 0 aliphatic carbocycles. The molecule has 4 aromatic rings. The summed E-state index contributed by atoms with van der Waals surface area (Å²) in [5, 5.41) is 24.8. The zero-order valence-electron chi connectivity index (χ0n) is 18.9. The molecule has 0 fully saturated rings. The maximum Gasteiger partial charge on any atom is 0.329 e. The number of anilines is 1. The quantitative estimate of drug-likeness (QED) is 0.197. The zero-order valence-corrected chi connectivity index (χ0v) is 20.5. The molecule has 2 aromatic carbocycles. The van der Waals surface area contributed by atoms with E-state index in [1.807, 2.05) is 25.1 Å². The average Bonchev–Trinajstić information content (AvgIpc) is 3.17. The summed E-state index contributed by atoms with van der Waals surface area (Å²) in [5.41, 5.74) is 3.13. The number of aromatic amines is 1. The van der Waals surface area contributed by atoms with Crippen molar-refractivity contribution in [2.24, 2.45) is 12.1 Å². The molecule has 0 bridgehead atoms. The van der Waals surface area contributed by atoms with Gasteiger partial charge < -0.3 is 19.5 Å². The topological polar surface area (TPSA) is 147 Å². The van der Waals surface area contributed by atoms with Gasteiger partial charge in [-0.2, -0.15) is 10.1 Å². The van der Waals surface area contributed by atoms with E-state index in [-0.39, 0.29) is 36.0 Å². The molecule has 0 spiro atoms. The van der Waals surface area contributed by atoms with Gasteiger partial charge in [0.2, 0.25) is 5.95 Å². The van der Waals surface area contributed by atoms with E-state index in [1.54, 1.807) is 18.2 Å². The third kappa shape index (κ3) is 5.44. The molecular formula is C23H23BrN6O5. The minimum atomic E-state index is -1.01. The fourth-order valence-electron chi connectivity index (χ4n) is 3.45. The molecule has 35 heavy (non-hydrogen) atoms. The number of imidazole rings is 1. The second-order valence-corrected chi connectivity index (χ2v) is 8.81. The summed E-state index contributed by atoms with van der Waals surface area (Å²) in [7, 11) is 1.47. The molecule has 182 valence electrons. The number of hydrazone groups is 1. The van der Waals surface area contributed by atoms with Crippen LogP contribution in [0.5, 0.6) is 11.5 Å². The van der Waals surface area contributed by atoms with Crippen LogP contribution in [0.25, 0.3) is 11.2 Å². The number of nitrogens with one attached hydrogen (secondary N) is 2. The Morgan fingerprint density at radius 2 is 2.09 bits per heavy atom. The highest BCUT2D eigenvalue weighted by Crippen LogP contribution is 2.21. The molecule has 0 radical (unpaired) electrons. The van der Waals surface area contributed by atoms with E-state index in [1.165, 1.54) is 28.5 Å². The molecule has 0 aliphatic heterocycles. The number of hydrogen-bond donors (Lipinski definition) is 4. The van der Waals surface area contributed by atoms with Gasteiger partial charge in [-0.15, -0.1) is 0 Å². The number of aliphatic hydroxyl groups excluding tert-OH is 1. The van der Waals surface area contributed by atoms with Crippen LogP contribution in [0, 0.1) is 6.92 Å². The van der Waals surface area contributed by atoms with Crippen LogP contribution < -0.4 is 21.4 Å². The lowest BCUT2D eigenvalue weighted by molar-refractivity contribution is 0.0938. The smallest absolute Gasteiger partial charge is 0.329 e. The number of fused-ring (bicyclic) bond motifs is 1. The van der Waals surface area contributed by atoms with Gasteiger partial charge in [-0.05, 0) is 42.8 Å². The Bertz CT molecular complexity index is 1520. The number of H-pyrrole nitrogens is 1. The first-order chi connectivity index (χ1) is 16.7. The van der Waals surface area contributed by atoms with E-state index in [4.69, 9.17) is 4.74 Å². The molecule has 0 amide bonds. The number of hydrogen-bond acceptors (Lipinski definition) is 8. The van der Waals surface area contributed by atoms with Crippen LogP contribution in [-0.2, 0) is 13.6 Å². The number of nitrogens with zero attached hydrogens (tertiary/aromatic N) is 4. The number of phenolic OH excluding ortho intramolecular Hbond substituents is 1. The van der Waals surface area contributed by atoms with Crippen LogP contribution in [0.2, 0.25) is 0 Å². The number of ether oxygens (including phenoxy) is 1. The summed E-state index contributed by atoms with van der Waals surface area (Å²) in [6.45, 7) is 1.83. The van der Waals surface area contributed by atoms with E-state index in [0.717, 1.165) is 10.0 Å². The second kappa shape index (κ2) is 10.2. The lowest BCUT2D eigenvalue weighted by Crippen LogP contribution is -2.30. The molecule has 1 unspecified atom stereocenters. The number of rotatable bonds is 8. The van der Waals surface area contributed by atoms with Crippen LogP contribution in [0.3, 0.4) is 0 Å². The molecule has 1 atom stereocenters. The summed E-state index contributed by atoms with van der Waals surface area (Å²) in [6, 6.07) is 12.3. The first kappa shape index (κ1) is 24.2. The highest BCUT2D eigenvalue weighted by Gasteiger charge is 2.20. The number of aromatic hydroxyl groups is 1. The summed E-state index contributed by atoms with van der Waals surface area (Å²) >= 11 is 3.33. The van der Waals surface area contributed by atoms with Crippen LogP contribution in [-0.4, -0.2) is 48.2 Å². The zero-order chi connectivity index (χ0) is 25.1. The van der Waals surface area contributed by atoms with Crippen molar-refractivity contribution in [3.05, 3.63) is 78.9 Å². The number of halogens is 1. The van der Waals surface area contributed by atoms with E-state index >= 15 is 0 Å². The third-order valence-electron chi connectivity index (χ3n) is 5.19. The van der Waals surface area contributed by atoms with Gasteiger partial charge in [-0.3, -0.25) is 14.3 Å². The third-order valence-corrected chi connectivity index (χ3v) is 5.68. The predicted octanol–water partition coefficient (Wildman–Crippen LogP) is 2.09. The van der Waals surface area contributed by atoms with Gasteiger partial charge in [0, 0.05) is 17.1 Å². The molecule has 0 saturated carbocycles. The Hall–Kier alpha value is -3.90. The lowest BCUT2D eigenvalue weighted by Gasteiger charge is -2.15. The molecule has 2 aromatic heterocycles. The summed E-state index contributed by atoms with van der Waals surface area (Å²) in [5.74, 6) is 0.749. The maximum absolute atomic E-state index is 12.6. The Balaban J connectivity index is 1.63. The van der Waals surface area contributed by atoms with Gasteiger partial charge in [0.05, 0.1) is 12.8 Å². The van der Waals surface area contributed by atoms with Crippen LogP contribution in [0.15, 0.2) is 61.6 Å². The van der Waals surface area contributed by atoms with E-state index < -0.39 is 17.4 Å². The number of benzene rings is 2. The normalized spacial score (nSPS) is 12.3. The fraction of sp³-hybridized carbons (Fsp3) is 0.217. The van der Waals surface area contributed by atoms with Crippen LogP contribution in [0.4, 0.5) is 5.95 Å². The second-order valence-electron chi connectivity index (χ2n) is 7.89. The van der Waals surface area contributed by atoms with E-state index in [0.29, 0.717) is 11.3 Å². The fourth-order valence-corrected chi connectivity index (χ4v) is 3.83. The molecular weight excluding hydrogens is 520 g/mol. The Labute approximate surface area is 207 Å². The van der Waals surface area contributed by atoms with Crippen molar-refractivity contribution in [2.45, 2.75) is 19.6 Å². The van der Waals surface area contributed by atoms with Crippen molar-refractivity contribution in [3.8, 4) is 11.5 Å². The summed E-state index contributed by atoms with van der Waals surface area (Å²) < 4.78 is 9.05. The number of aryl methyl sites for hydroxylation is 2. The minimum Gasteiger partial charge on any atom is -0.507 e. The lowest BCUT2D eigenvalue weighted by atomic mass is 10.2. The molecule has 0 saturated heterocycles. The van der Waals surface area contributed by atoms with Crippen molar-refractivity contribution >= 4 is 39.3 Å². The van der Waals surface area contributed by atoms with Crippen molar-refractivity contribution in [3.63, 3.8) is 0 Å². The van der Waals surface area contributed by atoms with Crippen molar-refractivity contribution in [2.75, 3.05) is 12.0 Å². The SMILES string of the molecule is Cc1cccc(OCC(O)Cn2c(NN=Cc3cc(Br)ccc3O)nc3c2c(=O)[nH]c(=O)n3C)c1. The van der Waals surface area contributed by atoms with Gasteiger partial charge >= 0.3 is 5.69 Å². The summed E-state index contributed by atoms with van der Waals surface area (Å²) in [4.78, 5) is 31.3. The molecule has 12 heteroatoms.